The molecule has 2 radical (unpaired) electrons. The molecular weight excluding hydrogens is 239 g/mol. The van der Waals surface area contributed by atoms with E-state index >= 15 is 0 Å². The normalized spacial score (nSPS) is 10.8. The molecule has 0 unspecified atom stereocenters. The predicted octanol–water partition coefficient (Wildman–Crippen LogP) is 1.02. The number of aliphatic imine (C=N–C) groups is 2. The van der Waals surface area contributed by atoms with Gasteiger partial charge in [0.15, 0.2) is 0 Å². The minimum atomic E-state index is 0.0507. The number of rotatable bonds is 3. The van der Waals surface area contributed by atoms with Gasteiger partial charge in [-0.2, -0.15) is 10.2 Å². The molecule has 0 saturated heterocycles. The Kier molecular flexibility index (Phi) is 3.70. The fraction of sp³-hybridized carbons (Fsp3) is 0.0769. The van der Waals surface area contributed by atoms with Gasteiger partial charge < -0.3 is 5.11 Å². The van der Waals surface area contributed by atoms with Crippen LogP contribution in [-0.2, 0) is 0 Å². The summed E-state index contributed by atoms with van der Waals surface area (Å²) in [5, 5.41) is 17.7. The highest BCUT2D eigenvalue weighted by Crippen LogP contribution is 2.33. The maximum Gasteiger partial charge on any atom is 0.144 e. The summed E-state index contributed by atoms with van der Waals surface area (Å²) in [6.45, 7) is 3.46. The highest BCUT2D eigenvalue weighted by molar-refractivity contribution is 6.30. The topological polar surface area (TPSA) is 70.7 Å². The molecule has 1 N–H and O–H groups in total. The molecule has 1 aromatic heterocycles. The van der Waals surface area contributed by atoms with Gasteiger partial charge in [-0.3, -0.25) is 9.98 Å². The number of phenols is 1. The summed E-state index contributed by atoms with van der Waals surface area (Å²) >= 11 is 0. The average Bonchev–Trinajstić information content (AvgIpc) is 2.41. The van der Waals surface area contributed by atoms with Crippen molar-refractivity contribution in [3.63, 3.8) is 0 Å². The molecule has 2 rings (SSSR count). The zero-order valence-corrected chi connectivity index (χ0v) is 10.4. The molecule has 0 bridgehead atoms. The zero-order chi connectivity index (χ0) is 13.8. The molecule has 0 aliphatic rings. The van der Waals surface area contributed by atoms with E-state index in [0.29, 0.717) is 22.5 Å². The molecule has 0 saturated carbocycles. The standard InChI is InChI=1S/C13H11BN4O/c1-15-7-8-5-9(12(19)6-11(8)16-2)10-3-4-13(14)18-17-10/h3-7,19H,2H2,1H3. The van der Waals surface area contributed by atoms with E-state index in [9.17, 15) is 5.11 Å². The minimum absolute atomic E-state index is 0.0507. The van der Waals surface area contributed by atoms with E-state index in [4.69, 9.17) is 7.85 Å². The zero-order valence-electron chi connectivity index (χ0n) is 10.4. The van der Waals surface area contributed by atoms with Crippen molar-refractivity contribution >= 4 is 32.1 Å². The molecule has 0 aliphatic carbocycles. The Morgan fingerprint density at radius 2 is 2.11 bits per heavy atom. The fourth-order valence-corrected chi connectivity index (χ4v) is 1.66. The molecule has 2 aromatic rings. The van der Waals surface area contributed by atoms with E-state index in [-0.39, 0.29) is 5.75 Å². The molecule has 0 fully saturated rings. The monoisotopic (exact) mass is 250 g/mol. The Balaban J connectivity index is 2.60. The first kappa shape index (κ1) is 12.9. The number of aromatic nitrogens is 2. The van der Waals surface area contributed by atoms with Crippen LogP contribution in [0, 0.1) is 0 Å². The summed E-state index contributed by atoms with van der Waals surface area (Å²) in [5.74, 6) is 0.0507. The van der Waals surface area contributed by atoms with Crippen molar-refractivity contribution in [3.05, 3.63) is 29.8 Å². The van der Waals surface area contributed by atoms with Crippen LogP contribution < -0.4 is 5.59 Å². The summed E-state index contributed by atoms with van der Waals surface area (Å²) in [6, 6.07) is 6.55. The Bertz CT molecular complexity index is 638. The summed E-state index contributed by atoms with van der Waals surface area (Å²) in [7, 11) is 7.14. The van der Waals surface area contributed by atoms with Crippen LogP contribution in [-0.4, -0.2) is 43.1 Å². The Morgan fingerprint density at radius 1 is 1.32 bits per heavy atom. The van der Waals surface area contributed by atoms with Crippen LogP contribution in [0.3, 0.4) is 0 Å². The Labute approximate surface area is 112 Å². The second-order valence-electron chi connectivity index (χ2n) is 3.82. The average molecular weight is 250 g/mol. The highest BCUT2D eigenvalue weighted by Gasteiger charge is 2.10. The van der Waals surface area contributed by atoms with Crippen molar-refractivity contribution in [2.45, 2.75) is 0 Å². The van der Waals surface area contributed by atoms with Crippen molar-refractivity contribution in [2.24, 2.45) is 9.98 Å². The van der Waals surface area contributed by atoms with Crippen LogP contribution in [0.15, 0.2) is 34.3 Å². The maximum atomic E-state index is 10.0. The van der Waals surface area contributed by atoms with Gasteiger partial charge in [0.25, 0.3) is 0 Å². The van der Waals surface area contributed by atoms with Crippen molar-refractivity contribution < 1.29 is 5.11 Å². The molecule has 1 heterocycles. The van der Waals surface area contributed by atoms with E-state index in [1.165, 1.54) is 6.07 Å². The molecular formula is C13H11BN4O. The number of hydrogen-bond donors (Lipinski definition) is 1. The molecule has 0 amide bonds. The molecule has 19 heavy (non-hydrogen) atoms. The first-order valence-corrected chi connectivity index (χ1v) is 5.51. The molecule has 1 aromatic carbocycles. The van der Waals surface area contributed by atoms with E-state index < -0.39 is 0 Å². The summed E-state index contributed by atoms with van der Waals surface area (Å²) in [6.07, 6.45) is 1.64. The molecule has 0 spiro atoms. The summed E-state index contributed by atoms with van der Waals surface area (Å²) in [5.41, 5.74) is 2.67. The Hall–Kier alpha value is -2.50. The Morgan fingerprint density at radius 3 is 2.68 bits per heavy atom. The number of aromatic hydroxyl groups is 1. The van der Waals surface area contributed by atoms with Crippen LogP contribution in [0.2, 0.25) is 0 Å². The highest BCUT2D eigenvalue weighted by atomic mass is 16.3. The van der Waals surface area contributed by atoms with E-state index in [1.807, 2.05) is 0 Å². The van der Waals surface area contributed by atoms with Crippen LogP contribution in [0.4, 0.5) is 5.69 Å². The lowest BCUT2D eigenvalue weighted by atomic mass is 10.0. The first-order valence-electron chi connectivity index (χ1n) is 5.51. The van der Waals surface area contributed by atoms with Crippen LogP contribution >= 0.6 is 0 Å². The van der Waals surface area contributed by atoms with Gasteiger partial charge in [0.1, 0.15) is 13.6 Å². The fourth-order valence-electron chi connectivity index (χ4n) is 1.66. The van der Waals surface area contributed by atoms with Crippen LogP contribution in [0.25, 0.3) is 11.3 Å². The van der Waals surface area contributed by atoms with E-state index in [1.54, 1.807) is 31.5 Å². The van der Waals surface area contributed by atoms with Gasteiger partial charge in [-0.1, -0.05) is 0 Å². The summed E-state index contributed by atoms with van der Waals surface area (Å²) < 4.78 is 0. The quantitative estimate of drug-likeness (QED) is 0.653. The number of hydrogen-bond acceptors (Lipinski definition) is 5. The third-order valence-electron chi connectivity index (χ3n) is 2.54. The number of nitrogens with zero attached hydrogens (tertiary/aromatic N) is 4. The molecule has 6 heteroatoms. The minimum Gasteiger partial charge on any atom is -0.507 e. The number of benzene rings is 1. The third-order valence-corrected chi connectivity index (χ3v) is 2.54. The van der Waals surface area contributed by atoms with Crippen molar-refractivity contribution in [3.8, 4) is 17.0 Å². The number of phenolic OH excluding ortho intramolecular Hbond substituents is 1. The molecule has 0 atom stereocenters. The lowest BCUT2D eigenvalue weighted by molar-refractivity contribution is 0.477. The molecule has 0 aliphatic heterocycles. The lowest BCUT2D eigenvalue weighted by Crippen LogP contribution is -2.09. The van der Waals surface area contributed by atoms with Gasteiger partial charge >= 0.3 is 0 Å². The van der Waals surface area contributed by atoms with E-state index in [0.717, 1.165) is 5.56 Å². The van der Waals surface area contributed by atoms with Crippen LogP contribution in [0.5, 0.6) is 5.75 Å². The second-order valence-corrected chi connectivity index (χ2v) is 3.82. The second kappa shape index (κ2) is 5.43. The summed E-state index contributed by atoms with van der Waals surface area (Å²) in [4.78, 5) is 7.78. The van der Waals surface area contributed by atoms with E-state index in [2.05, 4.69) is 26.9 Å². The molecule has 5 nitrogen and oxygen atoms in total. The maximum absolute atomic E-state index is 10.0. The lowest BCUT2D eigenvalue weighted by Gasteiger charge is -2.07. The van der Waals surface area contributed by atoms with Gasteiger partial charge in [0.05, 0.1) is 11.4 Å². The first-order chi connectivity index (χ1) is 9.15. The van der Waals surface area contributed by atoms with Gasteiger partial charge in [-0.05, 0) is 24.9 Å². The van der Waals surface area contributed by atoms with Crippen molar-refractivity contribution in [1.82, 2.24) is 10.2 Å². The van der Waals surface area contributed by atoms with Gasteiger partial charge in [0.2, 0.25) is 0 Å². The van der Waals surface area contributed by atoms with Crippen molar-refractivity contribution in [2.75, 3.05) is 7.05 Å². The van der Waals surface area contributed by atoms with Crippen LogP contribution in [0.1, 0.15) is 5.56 Å². The van der Waals surface area contributed by atoms with Crippen molar-refractivity contribution in [1.29, 1.82) is 0 Å². The van der Waals surface area contributed by atoms with Gasteiger partial charge in [0, 0.05) is 36.0 Å². The smallest absolute Gasteiger partial charge is 0.144 e. The molecule has 92 valence electrons. The van der Waals surface area contributed by atoms with Gasteiger partial charge in [-0.15, -0.1) is 0 Å². The van der Waals surface area contributed by atoms with Gasteiger partial charge in [-0.25, -0.2) is 0 Å². The SMILES string of the molecule is [B]c1ccc(-c2cc(C=NC)c(N=C)cc2O)nn1. The predicted molar refractivity (Wildman–Crippen MR) is 77.2 cm³/mol. The largest absolute Gasteiger partial charge is 0.507 e. The third kappa shape index (κ3) is 2.68.